The van der Waals surface area contributed by atoms with Gasteiger partial charge in [0.2, 0.25) is 5.78 Å². The fraction of sp³-hybridized carbons (Fsp3) is 0.214. The normalized spacial score (nSPS) is 11.2. The van der Waals surface area contributed by atoms with Crippen LogP contribution in [-0.4, -0.2) is 23.3 Å². The minimum Gasteiger partial charge on any atom is -0.481 e. The molecule has 0 aliphatic carbocycles. The van der Waals surface area contributed by atoms with Gasteiger partial charge in [-0.3, -0.25) is 4.79 Å². The van der Waals surface area contributed by atoms with E-state index >= 15 is 0 Å². The predicted octanol–water partition coefficient (Wildman–Crippen LogP) is 3.19. The fourth-order valence-corrected chi connectivity index (χ4v) is 1.75. The zero-order chi connectivity index (χ0) is 15.5. The van der Waals surface area contributed by atoms with E-state index in [4.69, 9.17) is 4.74 Å². The Labute approximate surface area is 118 Å². The van der Waals surface area contributed by atoms with Gasteiger partial charge in [0.05, 0.1) is 5.69 Å². The third-order valence-corrected chi connectivity index (χ3v) is 2.66. The summed E-state index contributed by atoms with van der Waals surface area (Å²) in [5.74, 6) is -0.966. The molecule has 21 heavy (non-hydrogen) atoms. The number of benzene rings is 1. The number of hydrogen-bond donors (Lipinski definition) is 0. The summed E-state index contributed by atoms with van der Waals surface area (Å²) in [7, 11) is 1.69. The molecule has 0 aliphatic heterocycles. The second-order valence-corrected chi connectivity index (χ2v) is 4.21. The Morgan fingerprint density at radius 2 is 1.81 bits per heavy atom. The topological polar surface area (TPSA) is 40.5 Å². The van der Waals surface area contributed by atoms with Crippen molar-refractivity contribution in [1.82, 2.24) is 4.57 Å². The first-order valence-corrected chi connectivity index (χ1v) is 5.99. The molecule has 0 fully saturated rings. The number of alkyl halides is 3. The van der Waals surface area contributed by atoms with Crippen LogP contribution in [0.5, 0.6) is 11.5 Å². The molecule has 0 aliphatic rings. The first-order valence-electron chi connectivity index (χ1n) is 5.99. The number of aryl methyl sites for hydroxylation is 1. The highest BCUT2D eigenvalue weighted by Crippen LogP contribution is 2.31. The number of halogens is 3. The Kier molecular flexibility index (Phi) is 4.21. The molecule has 0 saturated carbocycles. The van der Waals surface area contributed by atoms with Crippen LogP contribution < -0.4 is 9.47 Å². The quantitative estimate of drug-likeness (QED) is 0.796. The van der Waals surface area contributed by atoms with E-state index in [2.05, 4.69) is 4.74 Å². The molecule has 7 heteroatoms. The lowest BCUT2D eigenvalue weighted by Gasteiger charge is -2.13. The lowest BCUT2D eigenvalue weighted by atomic mass is 10.3. The van der Waals surface area contributed by atoms with Gasteiger partial charge in [0, 0.05) is 13.2 Å². The summed E-state index contributed by atoms with van der Waals surface area (Å²) >= 11 is 0. The molecule has 0 N–H and O–H groups in total. The number of nitrogens with zero attached hydrogens (tertiary/aromatic N) is 1. The number of rotatable bonds is 5. The molecular weight excluding hydrogens is 287 g/mol. The van der Waals surface area contributed by atoms with E-state index in [-0.39, 0.29) is 18.1 Å². The smallest absolute Gasteiger partial charge is 0.481 e. The lowest BCUT2D eigenvalue weighted by molar-refractivity contribution is -0.275. The maximum absolute atomic E-state index is 12.2. The van der Waals surface area contributed by atoms with E-state index in [1.54, 1.807) is 29.9 Å². The standard InChI is InChI=1S/C14H12F3NO3/c1-18-8-4-5-10(18)11(19)9-20-12-6-2-3-7-13(12)21-14(15,16)17/h2-8H,9H2,1H3. The number of aromatic nitrogens is 1. The molecule has 2 aromatic rings. The zero-order valence-electron chi connectivity index (χ0n) is 11.1. The summed E-state index contributed by atoms with van der Waals surface area (Å²) in [4.78, 5) is 11.9. The molecule has 1 aromatic heterocycles. The van der Waals surface area contributed by atoms with Crippen molar-refractivity contribution in [3.8, 4) is 11.5 Å². The highest BCUT2D eigenvalue weighted by molar-refractivity contribution is 5.95. The van der Waals surface area contributed by atoms with E-state index in [1.807, 2.05) is 0 Å². The summed E-state index contributed by atoms with van der Waals surface area (Å²) in [6, 6.07) is 8.59. The van der Waals surface area contributed by atoms with Gasteiger partial charge in [0.25, 0.3) is 0 Å². The van der Waals surface area contributed by atoms with Gasteiger partial charge >= 0.3 is 6.36 Å². The summed E-state index contributed by atoms with van der Waals surface area (Å²) in [5, 5.41) is 0. The van der Waals surface area contributed by atoms with Crippen LogP contribution in [0.4, 0.5) is 13.2 Å². The summed E-state index contributed by atoms with van der Waals surface area (Å²) < 4.78 is 47.3. The Hall–Kier alpha value is -2.44. The van der Waals surface area contributed by atoms with Crippen molar-refractivity contribution in [1.29, 1.82) is 0 Å². The third kappa shape index (κ3) is 4.01. The van der Waals surface area contributed by atoms with E-state index in [1.165, 1.54) is 18.2 Å². The van der Waals surface area contributed by atoms with Crippen molar-refractivity contribution in [2.45, 2.75) is 6.36 Å². The maximum atomic E-state index is 12.2. The second-order valence-electron chi connectivity index (χ2n) is 4.21. The van der Waals surface area contributed by atoms with Crippen LogP contribution in [0.3, 0.4) is 0 Å². The van der Waals surface area contributed by atoms with Crippen LogP contribution >= 0.6 is 0 Å². The van der Waals surface area contributed by atoms with Crippen molar-refractivity contribution in [3.05, 3.63) is 48.3 Å². The second kappa shape index (κ2) is 5.90. The molecule has 0 bridgehead atoms. The first kappa shape index (κ1) is 15.0. The van der Waals surface area contributed by atoms with Gasteiger partial charge in [-0.25, -0.2) is 0 Å². The lowest BCUT2D eigenvalue weighted by Crippen LogP contribution is -2.19. The Morgan fingerprint density at radius 3 is 2.38 bits per heavy atom. The third-order valence-electron chi connectivity index (χ3n) is 2.66. The molecule has 0 unspecified atom stereocenters. The molecule has 0 saturated heterocycles. The number of ether oxygens (including phenoxy) is 2. The average molecular weight is 299 g/mol. The highest BCUT2D eigenvalue weighted by Gasteiger charge is 2.32. The van der Waals surface area contributed by atoms with Crippen molar-refractivity contribution < 1.29 is 27.4 Å². The zero-order valence-corrected chi connectivity index (χ0v) is 11.1. The number of carbonyl (C=O) groups is 1. The summed E-state index contributed by atoms with van der Waals surface area (Å²) in [6.07, 6.45) is -3.13. The Balaban J connectivity index is 2.07. The van der Waals surface area contributed by atoms with Gasteiger partial charge in [0.1, 0.15) is 0 Å². The SMILES string of the molecule is Cn1cccc1C(=O)COc1ccccc1OC(F)(F)F. The molecule has 0 spiro atoms. The van der Waals surface area contributed by atoms with Crippen LogP contribution in [0.1, 0.15) is 10.5 Å². The molecule has 4 nitrogen and oxygen atoms in total. The van der Waals surface area contributed by atoms with Crippen LogP contribution in [0.2, 0.25) is 0 Å². The van der Waals surface area contributed by atoms with E-state index in [0.29, 0.717) is 5.69 Å². The fourth-order valence-electron chi connectivity index (χ4n) is 1.75. The van der Waals surface area contributed by atoms with Crippen LogP contribution in [0.15, 0.2) is 42.6 Å². The summed E-state index contributed by atoms with van der Waals surface area (Å²) in [6.45, 7) is -0.379. The average Bonchev–Trinajstić information content (AvgIpc) is 2.82. The van der Waals surface area contributed by atoms with Crippen molar-refractivity contribution in [2.24, 2.45) is 7.05 Å². The Bertz CT molecular complexity index is 634. The molecule has 0 radical (unpaired) electrons. The van der Waals surface area contributed by atoms with Gasteiger partial charge in [-0.05, 0) is 24.3 Å². The first-order chi connectivity index (χ1) is 9.87. The number of para-hydroxylation sites is 2. The van der Waals surface area contributed by atoms with Crippen LogP contribution in [0.25, 0.3) is 0 Å². The molecule has 1 aromatic carbocycles. The predicted molar refractivity (Wildman–Crippen MR) is 68.4 cm³/mol. The van der Waals surface area contributed by atoms with E-state index in [0.717, 1.165) is 6.07 Å². The number of Topliss-reactive ketones (excluding diaryl/α,β-unsaturated/α-hetero) is 1. The van der Waals surface area contributed by atoms with Crippen molar-refractivity contribution >= 4 is 5.78 Å². The maximum Gasteiger partial charge on any atom is 0.573 e. The Morgan fingerprint density at radius 1 is 1.14 bits per heavy atom. The molecule has 0 amide bonds. The van der Waals surface area contributed by atoms with Crippen LogP contribution in [0, 0.1) is 0 Å². The number of hydrogen-bond acceptors (Lipinski definition) is 3. The molecule has 112 valence electrons. The van der Waals surface area contributed by atoms with Gasteiger partial charge < -0.3 is 14.0 Å². The largest absolute Gasteiger partial charge is 0.573 e. The minimum atomic E-state index is -4.82. The molecule has 2 rings (SSSR count). The van der Waals surface area contributed by atoms with Gasteiger partial charge in [-0.15, -0.1) is 13.2 Å². The van der Waals surface area contributed by atoms with Gasteiger partial charge in [-0.2, -0.15) is 0 Å². The van der Waals surface area contributed by atoms with Crippen LogP contribution in [-0.2, 0) is 7.05 Å². The molecule has 0 atom stereocenters. The summed E-state index contributed by atoms with van der Waals surface area (Å²) in [5.41, 5.74) is 0.407. The monoisotopic (exact) mass is 299 g/mol. The minimum absolute atomic E-state index is 0.141. The van der Waals surface area contributed by atoms with E-state index in [9.17, 15) is 18.0 Å². The number of carbonyl (C=O) groups excluding carboxylic acids is 1. The van der Waals surface area contributed by atoms with Gasteiger partial charge in [0.15, 0.2) is 18.1 Å². The van der Waals surface area contributed by atoms with Gasteiger partial charge in [-0.1, -0.05) is 12.1 Å². The number of ketones is 1. The molecular formula is C14H12F3NO3. The van der Waals surface area contributed by atoms with Crippen molar-refractivity contribution in [3.63, 3.8) is 0 Å². The van der Waals surface area contributed by atoms with E-state index < -0.39 is 12.1 Å². The molecule has 1 heterocycles. The highest BCUT2D eigenvalue weighted by atomic mass is 19.4. The van der Waals surface area contributed by atoms with Crippen molar-refractivity contribution in [2.75, 3.05) is 6.61 Å².